The molecular formula is C17H17ClN2O3S. The average Bonchev–Trinajstić information content (AvgIpc) is 2.52. The predicted octanol–water partition coefficient (Wildman–Crippen LogP) is 3.68. The molecule has 0 saturated heterocycles. The minimum Gasteiger partial charge on any atom is -0.326 e. The third-order valence-electron chi connectivity index (χ3n) is 3.15. The molecule has 0 fully saturated rings. The van der Waals surface area contributed by atoms with E-state index in [9.17, 15) is 13.2 Å². The van der Waals surface area contributed by atoms with E-state index in [1.54, 1.807) is 36.4 Å². The van der Waals surface area contributed by atoms with Gasteiger partial charge in [-0.2, -0.15) is 0 Å². The second kappa shape index (κ2) is 7.51. The molecule has 2 aromatic rings. The fraction of sp³-hybridized carbons (Fsp3) is 0.118. The zero-order chi connectivity index (χ0) is 17.7. The Hall–Kier alpha value is -2.31. The standard InChI is InChI=1S/C17H17ClN2O3S/c1-3-11-20(16-6-4-5-14(18)12-16)24(22,23)17-9-7-15(8-10-17)19-13(2)21/h3-10,12H,1,11H2,2H3,(H,19,21). The van der Waals surface area contributed by atoms with Crippen LogP contribution in [0.4, 0.5) is 11.4 Å². The summed E-state index contributed by atoms with van der Waals surface area (Å²) in [7, 11) is -3.79. The lowest BCUT2D eigenvalue weighted by atomic mass is 10.3. The lowest BCUT2D eigenvalue weighted by Gasteiger charge is -2.23. The van der Waals surface area contributed by atoms with Crippen LogP contribution in [0.3, 0.4) is 0 Å². The van der Waals surface area contributed by atoms with Crippen molar-refractivity contribution in [1.29, 1.82) is 0 Å². The third-order valence-corrected chi connectivity index (χ3v) is 5.20. The molecule has 0 saturated carbocycles. The topological polar surface area (TPSA) is 66.5 Å². The summed E-state index contributed by atoms with van der Waals surface area (Å²) in [6.45, 7) is 5.11. The molecular weight excluding hydrogens is 348 g/mol. The van der Waals surface area contributed by atoms with Crippen molar-refractivity contribution in [3.8, 4) is 0 Å². The molecule has 2 aromatic carbocycles. The van der Waals surface area contributed by atoms with Crippen molar-refractivity contribution in [3.63, 3.8) is 0 Å². The number of hydrogen-bond donors (Lipinski definition) is 1. The Labute approximate surface area is 146 Å². The highest BCUT2D eigenvalue weighted by molar-refractivity contribution is 7.92. The SMILES string of the molecule is C=CCN(c1cccc(Cl)c1)S(=O)(=O)c1ccc(NC(C)=O)cc1. The number of halogens is 1. The van der Waals surface area contributed by atoms with Crippen molar-refractivity contribution < 1.29 is 13.2 Å². The summed E-state index contributed by atoms with van der Waals surface area (Å²) in [6.07, 6.45) is 1.50. The molecule has 1 N–H and O–H groups in total. The number of hydrogen-bond acceptors (Lipinski definition) is 3. The fourth-order valence-electron chi connectivity index (χ4n) is 2.13. The zero-order valence-electron chi connectivity index (χ0n) is 13.1. The number of amides is 1. The van der Waals surface area contributed by atoms with Gasteiger partial charge in [-0.3, -0.25) is 9.10 Å². The van der Waals surface area contributed by atoms with Crippen molar-refractivity contribution in [2.45, 2.75) is 11.8 Å². The van der Waals surface area contributed by atoms with Gasteiger partial charge in [0.25, 0.3) is 10.0 Å². The van der Waals surface area contributed by atoms with Crippen molar-refractivity contribution in [2.24, 2.45) is 0 Å². The van der Waals surface area contributed by atoms with Crippen LogP contribution < -0.4 is 9.62 Å². The van der Waals surface area contributed by atoms with Gasteiger partial charge in [-0.25, -0.2) is 8.42 Å². The Kier molecular flexibility index (Phi) is 5.64. The monoisotopic (exact) mass is 364 g/mol. The summed E-state index contributed by atoms with van der Waals surface area (Å²) >= 11 is 5.97. The van der Waals surface area contributed by atoms with E-state index in [1.165, 1.54) is 29.4 Å². The minimum absolute atomic E-state index is 0.107. The summed E-state index contributed by atoms with van der Waals surface area (Å²) in [5.74, 6) is -0.224. The van der Waals surface area contributed by atoms with Gasteiger partial charge in [0, 0.05) is 17.6 Å². The van der Waals surface area contributed by atoms with Gasteiger partial charge in [0.2, 0.25) is 5.91 Å². The largest absolute Gasteiger partial charge is 0.326 e. The van der Waals surface area contributed by atoms with Gasteiger partial charge in [0.15, 0.2) is 0 Å². The van der Waals surface area contributed by atoms with E-state index < -0.39 is 10.0 Å². The van der Waals surface area contributed by atoms with Crippen LogP contribution >= 0.6 is 11.6 Å². The van der Waals surface area contributed by atoms with Gasteiger partial charge in [-0.05, 0) is 42.5 Å². The van der Waals surface area contributed by atoms with Crippen LogP contribution in [0.15, 0.2) is 66.1 Å². The number of carbonyl (C=O) groups is 1. The summed E-state index contributed by atoms with van der Waals surface area (Å²) in [5, 5.41) is 3.04. The second-order valence-corrected chi connectivity index (χ2v) is 7.31. The van der Waals surface area contributed by atoms with Gasteiger partial charge in [-0.15, -0.1) is 6.58 Å². The molecule has 0 aliphatic heterocycles. The molecule has 24 heavy (non-hydrogen) atoms. The molecule has 0 aromatic heterocycles. The number of benzene rings is 2. The lowest BCUT2D eigenvalue weighted by Crippen LogP contribution is -2.31. The Morgan fingerprint density at radius 1 is 1.25 bits per heavy atom. The normalized spacial score (nSPS) is 10.9. The maximum Gasteiger partial charge on any atom is 0.264 e. The lowest BCUT2D eigenvalue weighted by molar-refractivity contribution is -0.114. The molecule has 0 aliphatic carbocycles. The highest BCUT2D eigenvalue weighted by atomic mass is 35.5. The maximum absolute atomic E-state index is 12.9. The third kappa shape index (κ3) is 4.15. The first-order valence-electron chi connectivity index (χ1n) is 7.11. The van der Waals surface area contributed by atoms with E-state index in [1.807, 2.05) is 0 Å². The number of carbonyl (C=O) groups excluding carboxylic acids is 1. The van der Waals surface area contributed by atoms with Crippen molar-refractivity contribution in [1.82, 2.24) is 0 Å². The zero-order valence-corrected chi connectivity index (χ0v) is 14.6. The number of sulfonamides is 1. The van der Waals surface area contributed by atoms with Crippen LogP contribution in [0.1, 0.15) is 6.92 Å². The molecule has 0 aliphatic rings. The van der Waals surface area contributed by atoms with Gasteiger partial charge in [0.05, 0.1) is 17.1 Å². The first-order chi connectivity index (χ1) is 11.3. The number of rotatable bonds is 6. The predicted molar refractivity (Wildman–Crippen MR) is 96.9 cm³/mol. The molecule has 7 heteroatoms. The van der Waals surface area contributed by atoms with E-state index >= 15 is 0 Å². The second-order valence-electron chi connectivity index (χ2n) is 5.01. The molecule has 126 valence electrons. The molecule has 0 radical (unpaired) electrons. The van der Waals surface area contributed by atoms with Crippen molar-refractivity contribution in [2.75, 3.05) is 16.2 Å². The van der Waals surface area contributed by atoms with E-state index in [0.29, 0.717) is 16.4 Å². The first-order valence-corrected chi connectivity index (χ1v) is 8.93. The van der Waals surface area contributed by atoms with Crippen LogP contribution in [-0.4, -0.2) is 20.9 Å². The number of anilines is 2. The van der Waals surface area contributed by atoms with Crippen LogP contribution in [0, 0.1) is 0 Å². The van der Waals surface area contributed by atoms with Crippen LogP contribution in [0.2, 0.25) is 5.02 Å². The van der Waals surface area contributed by atoms with Crippen LogP contribution in [-0.2, 0) is 14.8 Å². The van der Waals surface area contributed by atoms with Gasteiger partial charge in [0.1, 0.15) is 0 Å². The molecule has 5 nitrogen and oxygen atoms in total. The summed E-state index contributed by atoms with van der Waals surface area (Å²) in [5.41, 5.74) is 0.979. The highest BCUT2D eigenvalue weighted by Gasteiger charge is 2.24. The van der Waals surface area contributed by atoms with Crippen molar-refractivity contribution >= 4 is 38.9 Å². The van der Waals surface area contributed by atoms with E-state index in [2.05, 4.69) is 11.9 Å². The Morgan fingerprint density at radius 2 is 1.92 bits per heavy atom. The minimum atomic E-state index is -3.79. The van der Waals surface area contributed by atoms with Gasteiger partial charge < -0.3 is 5.32 Å². The smallest absolute Gasteiger partial charge is 0.264 e. The summed E-state index contributed by atoms with van der Waals surface area (Å²) < 4.78 is 27.1. The summed E-state index contributed by atoms with van der Waals surface area (Å²) in [6, 6.07) is 12.6. The maximum atomic E-state index is 12.9. The van der Waals surface area contributed by atoms with Crippen LogP contribution in [0.5, 0.6) is 0 Å². The Bertz CT molecular complexity index is 848. The number of nitrogens with one attached hydrogen (secondary N) is 1. The number of nitrogens with zero attached hydrogens (tertiary/aromatic N) is 1. The molecule has 0 spiro atoms. The Morgan fingerprint density at radius 3 is 2.46 bits per heavy atom. The van der Waals surface area contributed by atoms with Crippen LogP contribution in [0.25, 0.3) is 0 Å². The van der Waals surface area contributed by atoms with E-state index in [0.717, 1.165) is 0 Å². The highest BCUT2D eigenvalue weighted by Crippen LogP contribution is 2.26. The van der Waals surface area contributed by atoms with Gasteiger partial charge >= 0.3 is 0 Å². The molecule has 0 atom stereocenters. The molecule has 1 amide bonds. The summed E-state index contributed by atoms with van der Waals surface area (Å²) in [4.78, 5) is 11.2. The molecule has 0 bridgehead atoms. The Balaban J connectivity index is 2.41. The van der Waals surface area contributed by atoms with E-state index in [4.69, 9.17) is 11.6 Å². The molecule has 2 rings (SSSR count). The first kappa shape index (κ1) is 18.0. The van der Waals surface area contributed by atoms with Crippen molar-refractivity contribution in [3.05, 3.63) is 66.2 Å². The molecule has 0 heterocycles. The fourth-order valence-corrected chi connectivity index (χ4v) is 3.74. The van der Waals surface area contributed by atoms with E-state index in [-0.39, 0.29) is 17.3 Å². The molecule has 0 unspecified atom stereocenters. The quantitative estimate of drug-likeness (QED) is 0.795. The van der Waals surface area contributed by atoms with Gasteiger partial charge in [-0.1, -0.05) is 23.7 Å². The average molecular weight is 365 g/mol.